The first kappa shape index (κ1) is 13.2. The standard InChI is InChI=1S/C15H18F2O/c16-13-7-11(8-14(17)10-13)9-15(18)12-5-3-1-2-4-6-12/h7-8,10,12H,1-6,9H2. The quantitative estimate of drug-likeness (QED) is 0.742. The monoisotopic (exact) mass is 252 g/mol. The van der Waals surface area contributed by atoms with Crippen molar-refractivity contribution in [2.45, 2.75) is 44.9 Å². The Morgan fingerprint density at radius 2 is 1.56 bits per heavy atom. The second-order valence-corrected chi connectivity index (χ2v) is 5.11. The van der Waals surface area contributed by atoms with Gasteiger partial charge in [-0.1, -0.05) is 25.7 Å². The Balaban J connectivity index is 2.01. The summed E-state index contributed by atoms with van der Waals surface area (Å²) < 4.78 is 26.1. The third kappa shape index (κ3) is 3.62. The highest BCUT2D eigenvalue weighted by Crippen LogP contribution is 2.25. The van der Waals surface area contributed by atoms with Gasteiger partial charge in [0.15, 0.2) is 0 Å². The summed E-state index contributed by atoms with van der Waals surface area (Å²) in [5, 5.41) is 0. The zero-order chi connectivity index (χ0) is 13.0. The number of halogens is 2. The lowest BCUT2D eigenvalue weighted by molar-refractivity contribution is -0.122. The summed E-state index contributed by atoms with van der Waals surface area (Å²) in [4.78, 5) is 12.1. The molecular weight excluding hydrogens is 234 g/mol. The van der Waals surface area contributed by atoms with Crippen LogP contribution in [0.5, 0.6) is 0 Å². The molecule has 1 aliphatic carbocycles. The maximum Gasteiger partial charge on any atom is 0.140 e. The maximum absolute atomic E-state index is 13.0. The molecule has 0 spiro atoms. The lowest BCUT2D eigenvalue weighted by atomic mass is 9.91. The Hall–Kier alpha value is -1.25. The Bertz CT molecular complexity index is 400. The highest BCUT2D eigenvalue weighted by atomic mass is 19.1. The molecule has 0 atom stereocenters. The predicted octanol–water partition coefficient (Wildman–Crippen LogP) is 4.05. The topological polar surface area (TPSA) is 17.1 Å². The Labute approximate surface area is 106 Å². The summed E-state index contributed by atoms with van der Waals surface area (Å²) in [5.41, 5.74) is 0.446. The van der Waals surface area contributed by atoms with Gasteiger partial charge in [0, 0.05) is 18.4 Å². The molecule has 1 fully saturated rings. The van der Waals surface area contributed by atoms with Crippen LogP contribution in [0.4, 0.5) is 8.78 Å². The second-order valence-electron chi connectivity index (χ2n) is 5.11. The van der Waals surface area contributed by atoms with E-state index in [1.54, 1.807) is 0 Å². The maximum atomic E-state index is 13.0. The van der Waals surface area contributed by atoms with E-state index in [0.29, 0.717) is 5.56 Å². The molecule has 98 valence electrons. The minimum atomic E-state index is -0.612. The zero-order valence-electron chi connectivity index (χ0n) is 10.4. The van der Waals surface area contributed by atoms with Crippen LogP contribution in [0.2, 0.25) is 0 Å². The van der Waals surface area contributed by atoms with Gasteiger partial charge in [0.1, 0.15) is 17.4 Å². The van der Waals surface area contributed by atoms with Gasteiger partial charge >= 0.3 is 0 Å². The number of hydrogen-bond acceptors (Lipinski definition) is 1. The molecule has 0 bridgehead atoms. The van der Waals surface area contributed by atoms with Crippen molar-refractivity contribution in [3.8, 4) is 0 Å². The number of benzene rings is 1. The number of carbonyl (C=O) groups excluding carboxylic acids is 1. The fourth-order valence-electron chi connectivity index (χ4n) is 2.66. The van der Waals surface area contributed by atoms with Gasteiger partial charge in [0.05, 0.1) is 0 Å². The highest BCUT2D eigenvalue weighted by Gasteiger charge is 2.20. The van der Waals surface area contributed by atoms with E-state index in [-0.39, 0.29) is 18.1 Å². The summed E-state index contributed by atoms with van der Waals surface area (Å²) in [7, 11) is 0. The average molecular weight is 252 g/mol. The van der Waals surface area contributed by atoms with Crippen molar-refractivity contribution in [1.82, 2.24) is 0 Å². The molecule has 0 heterocycles. The number of Topliss-reactive ketones (excluding diaryl/α,β-unsaturated/α-hetero) is 1. The van der Waals surface area contributed by atoms with E-state index < -0.39 is 11.6 Å². The van der Waals surface area contributed by atoms with Gasteiger partial charge in [-0.05, 0) is 30.5 Å². The van der Waals surface area contributed by atoms with Gasteiger partial charge in [-0.15, -0.1) is 0 Å². The van der Waals surface area contributed by atoms with Crippen LogP contribution in [0.3, 0.4) is 0 Å². The molecule has 1 aromatic rings. The van der Waals surface area contributed by atoms with Gasteiger partial charge in [0.2, 0.25) is 0 Å². The molecular formula is C15H18F2O. The molecule has 1 aromatic carbocycles. The van der Waals surface area contributed by atoms with Crippen LogP contribution in [0.1, 0.15) is 44.1 Å². The number of rotatable bonds is 3. The zero-order valence-corrected chi connectivity index (χ0v) is 10.4. The smallest absolute Gasteiger partial charge is 0.140 e. The van der Waals surface area contributed by atoms with Gasteiger partial charge in [-0.3, -0.25) is 4.79 Å². The molecule has 0 unspecified atom stereocenters. The van der Waals surface area contributed by atoms with E-state index in [9.17, 15) is 13.6 Å². The first-order valence-electron chi connectivity index (χ1n) is 6.63. The second kappa shape index (κ2) is 6.07. The Morgan fingerprint density at radius 1 is 1.00 bits per heavy atom. The van der Waals surface area contributed by atoms with Crippen molar-refractivity contribution >= 4 is 5.78 Å². The van der Waals surface area contributed by atoms with E-state index in [1.807, 2.05) is 0 Å². The lowest BCUT2D eigenvalue weighted by Crippen LogP contribution is -2.16. The van der Waals surface area contributed by atoms with Gasteiger partial charge in [-0.25, -0.2) is 8.78 Å². The summed E-state index contributed by atoms with van der Waals surface area (Å²) in [5.74, 6) is -1.02. The summed E-state index contributed by atoms with van der Waals surface area (Å²) in [6.07, 6.45) is 6.57. The van der Waals surface area contributed by atoms with Crippen LogP contribution in [-0.4, -0.2) is 5.78 Å². The number of hydrogen-bond donors (Lipinski definition) is 0. The first-order chi connectivity index (χ1) is 8.65. The average Bonchev–Trinajstić information content (AvgIpc) is 2.55. The van der Waals surface area contributed by atoms with Crippen molar-refractivity contribution in [3.63, 3.8) is 0 Å². The molecule has 0 aromatic heterocycles. The molecule has 0 aliphatic heterocycles. The van der Waals surface area contributed by atoms with Gasteiger partial charge in [-0.2, -0.15) is 0 Å². The minimum absolute atomic E-state index is 0.0822. The molecule has 0 amide bonds. The van der Waals surface area contributed by atoms with Gasteiger partial charge in [0.25, 0.3) is 0 Å². The molecule has 3 heteroatoms. The molecule has 0 radical (unpaired) electrons. The van der Waals surface area contributed by atoms with Crippen LogP contribution >= 0.6 is 0 Å². The van der Waals surface area contributed by atoms with Crippen LogP contribution in [-0.2, 0) is 11.2 Å². The highest BCUT2D eigenvalue weighted by molar-refractivity contribution is 5.83. The molecule has 18 heavy (non-hydrogen) atoms. The Morgan fingerprint density at radius 3 is 2.11 bits per heavy atom. The van der Waals surface area contributed by atoms with E-state index in [2.05, 4.69) is 0 Å². The van der Waals surface area contributed by atoms with Crippen LogP contribution < -0.4 is 0 Å². The van der Waals surface area contributed by atoms with E-state index in [1.165, 1.54) is 25.0 Å². The lowest BCUT2D eigenvalue weighted by Gasteiger charge is -2.12. The van der Waals surface area contributed by atoms with Crippen molar-refractivity contribution in [3.05, 3.63) is 35.4 Å². The molecule has 1 nitrogen and oxygen atoms in total. The van der Waals surface area contributed by atoms with Crippen molar-refractivity contribution in [2.75, 3.05) is 0 Å². The van der Waals surface area contributed by atoms with Gasteiger partial charge < -0.3 is 0 Å². The van der Waals surface area contributed by atoms with Crippen LogP contribution in [0, 0.1) is 17.6 Å². The molecule has 1 aliphatic rings. The van der Waals surface area contributed by atoms with Crippen molar-refractivity contribution in [1.29, 1.82) is 0 Å². The number of carbonyl (C=O) groups is 1. The predicted molar refractivity (Wildman–Crippen MR) is 66.3 cm³/mol. The summed E-state index contributed by atoms with van der Waals surface area (Å²) >= 11 is 0. The molecule has 0 N–H and O–H groups in total. The van der Waals surface area contributed by atoms with E-state index in [0.717, 1.165) is 31.7 Å². The van der Waals surface area contributed by atoms with Crippen LogP contribution in [0.25, 0.3) is 0 Å². The molecule has 1 saturated carbocycles. The Kier molecular flexibility index (Phi) is 4.45. The van der Waals surface area contributed by atoms with Crippen molar-refractivity contribution in [2.24, 2.45) is 5.92 Å². The summed E-state index contributed by atoms with van der Waals surface area (Å²) in [6, 6.07) is 3.33. The molecule has 0 saturated heterocycles. The fraction of sp³-hybridized carbons (Fsp3) is 0.533. The summed E-state index contributed by atoms with van der Waals surface area (Å²) in [6.45, 7) is 0. The minimum Gasteiger partial charge on any atom is -0.299 e. The first-order valence-corrected chi connectivity index (χ1v) is 6.63. The molecule has 2 rings (SSSR count). The SMILES string of the molecule is O=C(Cc1cc(F)cc(F)c1)C1CCCCCC1. The number of ketones is 1. The largest absolute Gasteiger partial charge is 0.299 e. The van der Waals surface area contributed by atoms with Crippen LogP contribution in [0.15, 0.2) is 18.2 Å². The fourth-order valence-corrected chi connectivity index (χ4v) is 2.66. The van der Waals surface area contributed by atoms with E-state index >= 15 is 0 Å². The third-order valence-corrected chi connectivity index (χ3v) is 3.61. The van der Waals surface area contributed by atoms with E-state index in [4.69, 9.17) is 0 Å². The normalized spacial score (nSPS) is 17.4. The van der Waals surface area contributed by atoms with Crippen molar-refractivity contribution < 1.29 is 13.6 Å². The third-order valence-electron chi connectivity index (χ3n) is 3.61.